The minimum Gasteiger partial charge on any atom is -0.507 e. The van der Waals surface area contributed by atoms with Crippen LogP contribution >= 0.6 is 0 Å². The first-order chi connectivity index (χ1) is 19.0. The zero-order chi connectivity index (χ0) is 27.2. The summed E-state index contributed by atoms with van der Waals surface area (Å²) in [5.74, 6) is 0.630. The fourth-order valence-corrected chi connectivity index (χ4v) is 4.62. The summed E-state index contributed by atoms with van der Waals surface area (Å²) in [7, 11) is 0. The van der Waals surface area contributed by atoms with Crippen LogP contribution in [0.25, 0.3) is 11.3 Å². The largest absolute Gasteiger partial charge is 0.507 e. The van der Waals surface area contributed by atoms with E-state index < -0.39 is 0 Å². The van der Waals surface area contributed by atoms with E-state index in [2.05, 4.69) is 15.7 Å². The summed E-state index contributed by atoms with van der Waals surface area (Å²) < 4.78 is 6.86. The molecule has 3 N–H and O–H groups in total. The van der Waals surface area contributed by atoms with Crippen molar-refractivity contribution >= 4 is 17.6 Å². The van der Waals surface area contributed by atoms with Crippen LogP contribution in [-0.4, -0.2) is 40.0 Å². The third-order valence-electron chi connectivity index (χ3n) is 6.94. The average molecular weight is 525 g/mol. The zero-order valence-electron chi connectivity index (χ0n) is 21.9. The molecule has 3 aromatic carbocycles. The molecule has 1 aliphatic carbocycles. The molecule has 5 rings (SSSR count). The number of anilines is 1. The molecule has 0 unspecified atom stereocenters. The van der Waals surface area contributed by atoms with Crippen molar-refractivity contribution in [3.05, 3.63) is 95.7 Å². The van der Waals surface area contributed by atoms with Crippen molar-refractivity contribution in [3.63, 3.8) is 0 Å². The minimum atomic E-state index is -0.297. The number of rotatable bonds is 9. The number of phenols is 1. The van der Waals surface area contributed by atoms with Crippen LogP contribution in [-0.2, 0) is 6.42 Å². The number of carbonyl (C=O) groups excluding carboxylic acids is 2. The molecule has 2 amide bonds. The van der Waals surface area contributed by atoms with Crippen LogP contribution in [0.1, 0.15) is 53.7 Å². The Hall–Kier alpha value is -4.59. The van der Waals surface area contributed by atoms with Crippen molar-refractivity contribution in [3.8, 4) is 22.8 Å². The normalized spacial score (nSPS) is 12.9. The van der Waals surface area contributed by atoms with Crippen LogP contribution in [0.15, 0.2) is 78.9 Å². The molecule has 0 radical (unpaired) electrons. The smallest absolute Gasteiger partial charge is 0.342 e. The number of hydrogen-bond donors (Lipinski definition) is 3. The Morgan fingerprint density at radius 3 is 2.46 bits per heavy atom. The molecular weight excluding hydrogens is 492 g/mol. The number of hydrogen-bond acceptors (Lipinski definition) is 5. The van der Waals surface area contributed by atoms with Gasteiger partial charge in [-0.05, 0) is 74.2 Å². The third kappa shape index (κ3) is 6.12. The quantitative estimate of drug-likeness (QED) is 0.250. The molecule has 0 saturated heterocycles. The summed E-state index contributed by atoms with van der Waals surface area (Å²) in [4.78, 5) is 25.7. The highest BCUT2D eigenvalue weighted by atomic mass is 16.5. The number of nitrogens with one attached hydrogen (secondary N) is 2. The summed E-state index contributed by atoms with van der Waals surface area (Å²) in [6.07, 6.45) is 3.86. The zero-order valence-corrected chi connectivity index (χ0v) is 21.9. The Bertz CT molecular complexity index is 1440. The van der Waals surface area contributed by atoms with Gasteiger partial charge in [-0.15, -0.1) is 0 Å². The minimum absolute atomic E-state index is 0.0335. The van der Waals surface area contributed by atoms with Gasteiger partial charge in [0.05, 0.1) is 18.0 Å². The van der Waals surface area contributed by atoms with E-state index in [9.17, 15) is 14.7 Å². The number of amides is 2. The van der Waals surface area contributed by atoms with E-state index in [-0.39, 0.29) is 23.6 Å². The van der Waals surface area contributed by atoms with Gasteiger partial charge in [0.2, 0.25) is 0 Å². The van der Waals surface area contributed by atoms with E-state index in [1.165, 1.54) is 10.7 Å². The highest BCUT2D eigenvalue weighted by molar-refractivity contribution is 6.04. The maximum Gasteiger partial charge on any atom is 0.342 e. The van der Waals surface area contributed by atoms with E-state index in [1.807, 2.05) is 43.3 Å². The molecule has 1 aromatic heterocycles. The molecule has 0 bridgehead atoms. The molecule has 39 heavy (non-hydrogen) atoms. The molecule has 1 heterocycles. The van der Waals surface area contributed by atoms with Crippen LogP contribution < -0.4 is 15.4 Å². The van der Waals surface area contributed by atoms with E-state index >= 15 is 0 Å². The molecule has 8 nitrogen and oxygen atoms in total. The summed E-state index contributed by atoms with van der Waals surface area (Å²) in [6, 6.07) is 23.4. The van der Waals surface area contributed by atoms with Gasteiger partial charge in [0.25, 0.3) is 5.91 Å². The van der Waals surface area contributed by atoms with Crippen molar-refractivity contribution in [1.82, 2.24) is 15.1 Å². The topological polar surface area (TPSA) is 105 Å². The monoisotopic (exact) mass is 524 g/mol. The maximum atomic E-state index is 13.1. The Morgan fingerprint density at radius 2 is 1.79 bits per heavy atom. The van der Waals surface area contributed by atoms with Gasteiger partial charge < -0.3 is 20.5 Å². The second-order valence-electron chi connectivity index (χ2n) is 9.61. The van der Waals surface area contributed by atoms with Crippen LogP contribution in [0.3, 0.4) is 0 Å². The summed E-state index contributed by atoms with van der Waals surface area (Å²) in [5, 5.41) is 21.2. The van der Waals surface area contributed by atoms with Gasteiger partial charge in [0, 0.05) is 35.3 Å². The molecule has 0 atom stereocenters. The third-order valence-corrected chi connectivity index (χ3v) is 6.94. The molecule has 1 aliphatic rings. The Morgan fingerprint density at radius 1 is 1.03 bits per heavy atom. The molecule has 200 valence electrons. The number of aromatic nitrogens is 2. The number of aromatic hydroxyl groups is 1. The number of ether oxygens (including phenoxy) is 1. The van der Waals surface area contributed by atoms with Gasteiger partial charge in [-0.2, -0.15) is 9.78 Å². The van der Waals surface area contributed by atoms with E-state index in [4.69, 9.17) is 4.74 Å². The highest BCUT2D eigenvalue weighted by Crippen LogP contribution is 2.39. The van der Waals surface area contributed by atoms with Crippen LogP contribution in [0.5, 0.6) is 11.5 Å². The summed E-state index contributed by atoms with van der Waals surface area (Å²) in [6.45, 7) is 2.95. The van der Waals surface area contributed by atoms with Gasteiger partial charge in [0.15, 0.2) is 0 Å². The van der Waals surface area contributed by atoms with Gasteiger partial charge in [-0.3, -0.25) is 4.79 Å². The number of phenolic OH excluding ortho intramolecular Hbond substituents is 1. The van der Waals surface area contributed by atoms with Crippen molar-refractivity contribution < 1.29 is 19.4 Å². The predicted octanol–water partition coefficient (Wildman–Crippen LogP) is 5.97. The summed E-state index contributed by atoms with van der Waals surface area (Å²) >= 11 is 0. The molecule has 4 aromatic rings. The van der Waals surface area contributed by atoms with E-state index in [0.29, 0.717) is 41.4 Å². The maximum absolute atomic E-state index is 13.1. The van der Waals surface area contributed by atoms with Crippen LogP contribution in [0.4, 0.5) is 10.5 Å². The molecular formula is C31H32N4O4. The lowest BCUT2D eigenvalue weighted by Crippen LogP contribution is -2.33. The SMILES string of the molecule is CCOc1ccc(C(=O)Nc2ccc(-c3cc(C4CCC4)n(C(=O)NCCc4ccccc4)n3)c(O)c2)cc1. The summed E-state index contributed by atoms with van der Waals surface area (Å²) in [5.41, 5.74) is 3.93. The van der Waals surface area contributed by atoms with Crippen molar-refractivity contribution in [2.75, 3.05) is 18.5 Å². The lowest BCUT2D eigenvalue weighted by molar-refractivity contribution is 0.102. The lowest BCUT2D eigenvalue weighted by Gasteiger charge is -2.25. The first-order valence-electron chi connectivity index (χ1n) is 13.3. The first kappa shape index (κ1) is 26.0. The molecule has 8 heteroatoms. The second kappa shape index (κ2) is 11.9. The van der Waals surface area contributed by atoms with Crippen molar-refractivity contribution in [2.45, 2.75) is 38.5 Å². The highest BCUT2D eigenvalue weighted by Gasteiger charge is 2.27. The number of benzene rings is 3. The Kier molecular flexibility index (Phi) is 7.91. The lowest BCUT2D eigenvalue weighted by atomic mass is 9.82. The van der Waals surface area contributed by atoms with Gasteiger partial charge in [-0.25, -0.2) is 4.79 Å². The second-order valence-corrected chi connectivity index (χ2v) is 9.61. The molecule has 0 spiro atoms. The Balaban J connectivity index is 1.29. The number of carbonyl (C=O) groups is 2. The molecule has 0 aliphatic heterocycles. The van der Waals surface area contributed by atoms with E-state index in [0.717, 1.165) is 36.9 Å². The molecule has 1 saturated carbocycles. The van der Waals surface area contributed by atoms with Crippen molar-refractivity contribution in [1.29, 1.82) is 0 Å². The average Bonchev–Trinajstić information content (AvgIpc) is 3.33. The molecule has 1 fully saturated rings. The van der Waals surface area contributed by atoms with E-state index in [1.54, 1.807) is 36.4 Å². The van der Waals surface area contributed by atoms with Crippen LogP contribution in [0.2, 0.25) is 0 Å². The van der Waals surface area contributed by atoms with Crippen LogP contribution in [0, 0.1) is 0 Å². The van der Waals surface area contributed by atoms with Gasteiger partial charge >= 0.3 is 6.03 Å². The fraction of sp³-hybridized carbons (Fsp3) is 0.258. The van der Waals surface area contributed by atoms with Crippen molar-refractivity contribution in [2.24, 2.45) is 0 Å². The van der Waals surface area contributed by atoms with Gasteiger partial charge in [0.1, 0.15) is 11.5 Å². The van der Waals surface area contributed by atoms with Gasteiger partial charge in [-0.1, -0.05) is 36.8 Å². The Labute approximate surface area is 227 Å². The number of nitrogens with zero attached hydrogens (tertiary/aromatic N) is 2. The first-order valence-corrected chi connectivity index (χ1v) is 13.3. The predicted molar refractivity (Wildman–Crippen MR) is 150 cm³/mol. The fourth-order valence-electron chi connectivity index (χ4n) is 4.62. The standard InChI is InChI=1S/C31H32N4O4/c1-2-39-25-14-11-23(12-15-25)30(37)33-24-13-16-26(29(36)19-24)27-20-28(22-9-6-10-22)35(34-27)31(38)32-18-17-21-7-4-3-5-8-21/h3-5,7-8,11-16,19-20,22,36H,2,6,9-10,17-18H2,1H3,(H,32,38)(H,33,37).